The molecule has 0 aromatic rings. The molecule has 0 amide bonds. The molecule has 1 saturated carbocycles. The summed E-state index contributed by atoms with van der Waals surface area (Å²) in [6.07, 6.45) is 3.63. The van der Waals surface area contributed by atoms with Crippen LogP contribution in [0, 0.1) is 0 Å². The molecule has 0 aliphatic heterocycles. The van der Waals surface area contributed by atoms with Crippen molar-refractivity contribution in [1.29, 1.82) is 0 Å². The van der Waals surface area contributed by atoms with Crippen molar-refractivity contribution in [1.82, 2.24) is 9.80 Å². The minimum Gasteiger partial charge on any atom is -0.408 e. The van der Waals surface area contributed by atoms with Crippen LogP contribution in [-0.2, 0) is 0 Å². The minimum atomic E-state index is 0.179. The molecule has 0 radical (unpaired) electrons. The summed E-state index contributed by atoms with van der Waals surface area (Å²) in [7, 11) is 6.01. The Kier molecular flexibility index (Phi) is 3.21. The Hall–Kier alpha value is -0.970. The summed E-state index contributed by atoms with van der Waals surface area (Å²) in [5.41, 5.74) is 5.72. The number of hydrogen-bond acceptors (Lipinski definition) is 3. The molecule has 0 aromatic heterocycles. The van der Waals surface area contributed by atoms with E-state index >= 15 is 0 Å². The number of rotatable bonds is 3. The molecule has 0 heterocycles. The van der Waals surface area contributed by atoms with E-state index in [1.165, 1.54) is 19.3 Å². The average Bonchev–Trinajstić information content (AvgIpc) is 2.08. The van der Waals surface area contributed by atoms with Crippen molar-refractivity contribution in [2.75, 3.05) is 27.7 Å². The van der Waals surface area contributed by atoms with Crippen LogP contribution < -0.4 is 5.73 Å². The molecule has 0 bridgehead atoms. The first-order chi connectivity index (χ1) is 6.52. The lowest BCUT2D eigenvalue weighted by atomic mass is 9.75. The summed E-state index contributed by atoms with van der Waals surface area (Å²) in [5, 5.41) is 11.5. The van der Waals surface area contributed by atoms with E-state index < -0.39 is 0 Å². The van der Waals surface area contributed by atoms with E-state index in [-0.39, 0.29) is 11.5 Å². The highest BCUT2D eigenvalue weighted by molar-refractivity contribution is 5.77. The number of oxime groups is 1. The number of guanidine groups is 1. The number of nitrogens with two attached hydrogens (primary N) is 1. The highest BCUT2D eigenvalue weighted by Gasteiger charge is 2.40. The fourth-order valence-corrected chi connectivity index (χ4v) is 1.93. The molecule has 1 rings (SSSR count). The molecule has 3 N–H and O–H groups in total. The summed E-state index contributed by atoms with van der Waals surface area (Å²) in [5.74, 6) is 0.179. The maximum absolute atomic E-state index is 8.54. The van der Waals surface area contributed by atoms with Gasteiger partial charge < -0.3 is 20.7 Å². The molecule has 0 saturated heterocycles. The monoisotopic (exact) mass is 200 g/mol. The second-order valence-electron chi connectivity index (χ2n) is 4.29. The fraction of sp³-hybridized carbons (Fsp3) is 0.889. The highest BCUT2D eigenvalue weighted by atomic mass is 16.4. The number of likely N-dealkylation sites (N-methyl/N-ethyl adjacent to an activating group) is 2. The van der Waals surface area contributed by atoms with E-state index in [1.807, 2.05) is 7.05 Å². The van der Waals surface area contributed by atoms with E-state index in [4.69, 9.17) is 10.9 Å². The van der Waals surface area contributed by atoms with Crippen molar-refractivity contribution in [3.63, 3.8) is 0 Å². The second kappa shape index (κ2) is 4.04. The lowest BCUT2D eigenvalue weighted by molar-refractivity contribution is 0.0421. The summed E-state index contributed by atoms with van der Waals surface area (Å²) in [6.45, 7) is 0.815. The molecule has 0 spiro atoms. The standard InChI is InChI=1S/C9H20N4O/c1-12(2)9(5-4-6-9)7-13(3)8(10)11-14/h14H,4-7H2,1-3H3,(H2,10,11). The summed E-state index contributed by atoms with van der Waals surface area (Å²) < 4.78 is 0. The number of nitrogens with zero attached hydrogens (tertiary/aromatic N) is 3. The van der Waals surface area contributed by atoms with Crippen LogP contribution >= 0.6 is 0 Å². The van der Waals surface area contributed by atoms with Crippen molar-refractivity contribution in [2.45, 2.75) is 24.8 Å². The first kappa shape index (κ1) is 11.1. The van der Waals surface area contributed by atoms with Gasteiger partial charge in [0, 0.05) is 19.1 Å². The summed E-state index contributed by atoms with van der Waals surface area (Å²) in [6, 6.07) is 0. The van der Waals surface area contributed by atoms with Gasteiger partial charge in [0.05, 0.1) is 0 Å². The van der Waals surface area contributed by atoms with Gasteiger partial charge in [0.25, 0.3) is 0 Å². The predicted octanol–water partition coefficient (Wildman–Crippen LogP) is 0.106. The molecular weight excluding hydrogens is 180 g/mol. The van der Waals surface area contributed by atoms with Gasteiger partial charge in [0.2, 0.25) is 5.96 Å². The molecular formula is C9H20N4O. The van der Waals surface area contributed by atoms with Gasteiger partial charge in [-0.25, -0.2) is 0 Å². The zero-order valence-electron chi connectivity index (χ0n) is 9.19. The normalized spacial score (nSPS) is 20.7. The zero-order valence-corrected chi connectivity index (χ0v) is 9.19. The molecule has 82 valence electrons. The Morgan fingerprint density at radius 2 is 2.00 bits per heavy atom. The lowest BCUT2D eigenvalue weighted by Gasteiger charge is -2.49. The van der Waals surface area contributed by atoms with Crippen molar-refractivity contribution < 1.29 is 5.21 Å². The maximum atomic E-state index is 8.54. The molecule has 1 fully saturated rings. The Labute approximate surface area is 85.2 Å². The predicted molar refractivity (Wildman–Crippen MR) is 56.3 cm³/mol. The van der Waals surface area contributed by atoms with E-state index in [1.54, 1.807) is 4.90 Å². The minimum absolute atomic E-state index is 0.179. The third-order valence-electron chi connectivity index (χ3n) is 3.26. The molecule has 14 heavy (non-hydrogen) atoms. The fourth-order valence-electron chi connectivity index (χ4n) is 1.93. The van der Waals surface area contributed by atoms with Crippen LogP contribution in [0.1, 0.15) is 19.3 Å². The molecule has 0 unspecified atom stereocenters. The van der Waals surface area contributed by atoms with E-state index in [9.17, 15) is 0 Å². The summed E-state index contributed by atoms with van der Waals surface area (Å²) >= 11 is 0. The molecule has 1 aliphatic carbocycles. The number of hydrogen-bond donors (Lipinski definition) is 2. The maximum Gasteiger partial charge on any atom is 0.233 e. The smallest absolute Gasteiger partial charge is 0.233 e. The van der Waals surface area contributed by atoms with Crippen LogP contribution in [0.2, 0.25) is 0 Å². The van der Waals surface area contributed by atoms with Crippen LogP contribution in [0.25, 0.3) is 0 Å². The molecule has 0 atom stereocenters. The van der Waals surface area contributed by atoms with Crippen molar-refractivity contribution in [3.05, 3.63) is 0 Å². The van der Waals surface area contributed by atoms with Crippen LogP contribution in [-0.4, -0.2) is 54.2 Å². The Morgan fingerprint density at radius 3 is 2.29 bits per heavy atom. The average molecular weight is 200 g/mol. The quantitative estimate of drug-likeness (QED) is 0.294. The third-order valence-corrected chi connectivity index (χ3v) is 3.26. The Bertz CT molecular complexity index is 223. The van der Waals surface area contributed by atoms with Crippen molar-refractivity contribution in [3.8, 4) is 0 Å². The molecule has 0 aromatic carbocycles. The van der Waals surface area contributed by atoms with E-state index in [0.717, 1.165) is 6.54 Å². The molecule has 5 heteroatoms. The zero-order chi connectivity index (χ0) is 10.8. The second-order valence-corrected chi connectivity index (χ2v) is 4.29. The van der Waals surface area contributed by atoms with E-state index in [2.05, 4.69) is 24.2 Å². The Balaban J connectivity index is 2.57. The molecule has 1 aliphatic rings. The van der Waals surface area contributed by atoms with Crippen molar-refractivity contribution in [2.24, 2.45) is 10.9 Å². The SMILES string of the molecule is CN(CC1(N(C)C)CCC1)C(N)=NO. The van der Waals surface area contributed by atoms with Gasteiger partial charge in [-0.1, -0.05) is 5.16 Å². The van der Waals surface area contributed by atoms with Crippen LogP contribution in [0.3, 0.4) is 0 Å². The Morgan fingerprint density at radius 1 is 1.43 bits per heavy atom. The topological polar surface area (TPSA) is 65.1 Å². The van der Waals surface area contributed by atoms with Gasteiger partial charge >= 0.3 is 0 Å². The van der Waals surface area contributed by atoms with Gasteiger partial charge in [-0.05, 0) is 33.4 Å². The van der Waals surface area contributed by atoms with Crippen LogP contribution in [0.5, 0.6) is 0 Å². The van der Waals surface area contributed by atoms with Gasteiger partial charge in [-0.15, -0.1) is 0 Å². The van der Waals surface area contributed by atoms with Crippen LogP contribution in [0.15, 0.2) is 5.16 Å². The first-order valence-electron chi connectivity index (χ1n) is 4.88. The largest absolute Gasteiger partial charge is 0.408 e. The van der Waals surface area contributed by atoms with Crippen LogP contribution in [0.4, 0.5) is 0 Å². The third kappa shape index (κ3) is 1.92. The van der Waals surface area contributed by atoms with Gasteiger partial charge in [-0.3, -0.25) is 0 Å². The molecule has 5 nitrogen and oxygen atoms in total. The first-order valence-corrected chi connectivity index (χ1v) is 4.88. The van der Waals surface area contributed by atoms with Gasteiger partial charge in [0.15, 0.2) is 0 Å². The van der Waals surface area contributed by atoms with E-state index in [0.29, 0.717) is 0 Å². The van der Waals surface area contributed by atoms with Crippen molar-refractivity contribution >= 4 is 5.96 Å². The van der Waals surface area contributed by atoms with Gasteiger partial charge in [-0.2, -0.15) is 0 Å². The highest BCUT2D eigenvalue weighted by Crippen LogP contribution is 2.36. The van der Waals surface area contributed by atoms with Gasteiger partial charge in [0.1, 0.15) is 0 Å². The lowest BCUT2D eigenvalue weighted by Crippen LogP contribution is -2.58. The summed E-state index contributed by atoms with van der Waals surface area (Å²) in [4.78, 5) is 4.02.